The summed E-state index contributed by atoms with van der Waals surface area (Å²) in [5.74, 6) is -1.21. The van der Waals surface area contributed by atoms with E-state index in [9.17, 15) is 34.2 Å². The number of nitrogens with zero attached hydrogens (tertiary/aromatic N) is 1. The van der Waals surface area contributed by atoms with E-state index in [1.807, 2.05) is 24.3 Å². The van der Waals surface area contributed by atoms with Gasteiger partial charge in [0.25, 0.3) is 11.8 Å². The van der Waals surface area contributed by atoms with Gasteiger partial charge in [0.05, 0.1) is 22.1 Å². The van der Waals surface area contributed by atoms with Crippen LogP contribution >= 0.6 is 7.60 Å². The summed E-state index contributed by atoms with van der Waals surface area (Å²) >= 11 is 0. The molecule has 192 valence electrons. The average molecular weight is 537 g/mol. The quantitative estimate of drug-likeness (QED) is 0.183. The zero-order chi connectivity index (χ0) is 27.5. The third-order valence-electron chi connectivity index (χ3n) is 6.79. The van der Waals surface area contributed by atoms with Gasteiger partial charge in [-0.1, -0.05) is 54.6 Å². The molecule has 0 unspecified atom stereocenters. The third kappa shape index (κ3) is 3.99. The molecule has 0 saturated carbocycles. The standard InChI is InChI=1S/C30H20NO7P/c32-20-12-8-17(9-13-20)25-23-6-1-2-7-24(23)26(18-10-14-21(33)15-11-18)28-27(25)29(34)31(30(28)35)19-4-3-5-22(16-19)39(36,37)38/h1-16,32-33H,(H2,36,37,38). The fraction of sp³-hybridized carbons (Fsp3) is 0. The highest BCUT2D eigenvalue weighted by atomic mass is 31.2. The molecule has 0 spiro atoms. The van der Waals surface area contributed by atoms with E-state index >= 15 is 0 Å². The highest BCUT2D eigenvalue weighted by Gasteiger charge is 2.42. The molecule has 39 heavy (non-hydrogen) atoms. The molecule has 0 aliphatic carbocycles. The lowest BCUT2D eigenvalue weighted by Crippen LogP contribution is -2.30. The molecule has 6 rings (SSSR count). The summed E-state index contributed by atoms with van der Waals surface area (Å²) < 4.78 is 11.9. The molecule has 0 fully saturated rings. The minimum Gasteiger partial charge on any atom is -0.508 e. The van der Waals surface area contributed by atoms with E-state index in [0.717, 1.165) is 11.0 Å². The number of carbonyl (C=O) groups is 2. The van der Waals surface area contributed by atoms with Crippen molar-refractivity contribution in [2.45, 2.75) is 0 Å². The van der Waals surface area contributed by atoms with Gasteiger partial charge in [-0.25, -0.2) is 4.90 Å². The molecular weight excluding hydrogens is 517 g/mol. The number of rotatable bonds is 4. The van der Waals surface area contributed by atoms with Crippen molar-refractivity contribution in [3.05, 3.63) is 108 Å². The van der Waals surface area contributed by atoms with Crippen molar-refractivity contribution < 1.29 is 34.2 Å². The van der Waals surface area contributed by atoms with Gasteiger partial charge in [-0.15, -0.1) is 0 Å². The van der Waals surface area contributed by atoms with Crippen LogP contribution < -0.4 is 10.2 Å². The monoisotopic (exact) mass is 537 g/mol. The minimum absolute atomic E-state index is 0.0272. The first-order valence-corrected chi connectivity index (χ1v) is 13.5. The number of benzene rings is 5. The smallest absolute Gasteiger partial charge is 0.356 e. The highest BCUT2D eigenvalue weighted by molar-refractivity contribution is 7.60. The molecule has 0 atom stereocenters. The first kappa shape index (κ1) is 24.6. The van der Waals surface area contributed by atoms with Crippen molar-refractivity contribution in [3.63, 3.8) is 0 Å². The molecule has 9 heteroatoms. The number of phenolic OH excluding ortho intramolecular Hbond substituents is 2. The second kappa shape index (κ2) is 8.92. The lowest BCUT2D eigenvalue weighted by Gasteiger charge is -2.17. The van der Waals surface area contributed by atoms with Crippen LogP contribution in [-0.2, 0) is 4.57 Å². The van der Waals surface area contributed by atoms with Crippen molar-refractivity contribution in [2.75, 3.05) is 4.90 Å². The van der Waals surface area contributed by atoms with Crippen LogP contribution in [-0.4, -0.2) is 31.8 Å². The second-order valence-electron chi connectivity index (χ2n) is 9.15. The maximum absolute atomic E-state index is 14.1. The molecule has 0 saturated heterocycles. The van der Waals surface area contributed by atoms with Crippen LogP contribution in [0.3, 0.4) is 0 Å². The number of carbonyl (C=O) groups excluding carboxylic acids is 2. The summed E-state index contributed by atoms with van der Waals surface area (Å²) in [4.78, 5) is 48.6. The zero-order valence-electron chi connectivity index (χ0n) is 20.1. The molecule has 8 nitrogen and oxygen atoms in total. The molecule has 0 bridgehead atoms. The second-order valence-corrected chi connectivity index (χ2v) is 10.8. The van der Waals surface area contributed by atoms with E-state index in [4.69, 9.17) is 0 Å². The Morgan fingerprint density at radius 2 is 1.03 bits per heavy atom. The maximum Gasteiger partial charge on any atom is 0.356 e. The van der Waals surface area contributed by atoms with Crippen LogP contribution in [0, 0.1) is 0 Å². The van der Waals surface area contributed by atoms with Gasteiger partial charge >= 0.3 is 7.60 Å². The Morgan fingerprint density at radius 3 is 1.46 bits per heavy atom. The zero-order valence-corrected chi connectivity index (χ0v) is 21.0. The van der Waals surface area contributed by atoms with E-state index in [0.29, 0.717) is 33.0 Å². The summed E-state index contributed by atoms with van der Waals surface area (Å²) in [5, 5.41) is 20.8. The van der Waals surface area contributed by atoms with E-state index in [1.165, 1.54) is 42.5 Å². The molecule has 1 aliphatic heterocycles. The van der Waals surface area contributed by atoms with E-state index < -0.39 is 19.4 Å². The van der Waals surface area contributed by atoms with Crippen LogP contribution in [0.2, 0.25) is 0 Å². The van der Waals surface area contributed by atoms with Crippen LogP contribution in [0.5, 0.6) is 11.5 Å². The molecule has 1 aliphatic rings. The predicted octanol–water partition coefficient (Wildman–Crippen LogP) is 5.19. The van der Waals surface area contributed by atoms with Crippen LogP contribution in [0.15, 0.2) is 97.1 Å². The Balaban J connectivity index is 1.71. The van der Waals surface area contributed by atoms with Crippen molar-refractivity contribution in [2.24, 2.45) is 0 Å². The Morgan fingerprint density at radius 1 is 0.564 bits per heavy atom. The Labute approximate surface area is 222 Å². The SMILES string of the molecule is O=C1c2c(c(-c3ccc(O)cc3)c3ccccc3c2-c2ccc(O)cc2)C(=O)N1c1cccc(P(=O)(O)O)c1. The summed E-state index contributed by atoms with van der Waals surface area (Å²) in [6.07, 6.45) is 0. The highest BCUT2D eigenvalue weighted by Crippen LogP contribution is 2.47. The molecule has 5 aromatic carbocycles. The van der Waals surface area contributed by atoms with E-state index in [1.54, 1.807) is 24.3 Å². The molecule has 0 aromatic heterocycles. The van der Waals surface area contributed by atoms with E-state index in [-0.39, 0.29) is 33.6 Å². The molecule has 0 radical (unpaired) electrons. The minimum atomic E-state index is -4.65. The largest absolute Gasteiger partial charge is 0.508 e. The molecular formula is C30H20NO7P. The van der Waals surface area contributed by atoms with Gasteiger partial charge < -0.3 is 20.0 Å². The van der Waals surface area contributed by atoms with Crippen molar-refractivity contribution in [1.82, 2.24) is 0 Å². The molecule has 1 heterocycles. The first-order valence-electron chi connectivity index (χ1n) is 11.9. The number of imide groups is 1. The van der Waals surface area contributed by atoms with Gasteiger partial charge in [0.1, 0.15) is 11.5 Å². The Hall–Kier alpha value is -4.75. The average Bonchev–Trinajstić information content (AvgIpc) is 3.18. The predicted molar refractivity (Wildman–Crippen MR) is 147 cm³/mol. The summed E-state index contributed by atoms with van der Waals surface area (Å²) in [7, 11) is -4.65. The third-order valence-corrected chi connectivity index (χ3v) is 7.74. The number of aromatic hydroxyl groups is 2. The van der Waals surface area contributed by atoms with Gasteiger partial charge in [0.2, 0.25) is 0 Å². The summed E-state index contributed by atoms with van der Waals surface area (Å²) in [6, 6.07) is 25.1. The normalized spacial score (nSPS) is 13.2. The number of phenols is 2. The van der Waals surface area contributed by atoms with Crippen LogP contribution in [0.1, 0.15) is 20.7 Å². The van der Waals surface area contributed by atoms with Gasteiger partial charge in [0, 0.05) is 11.1 Å². The van der Waals surface area contributed by atoms with Gasteiger partial charge in [0.15, 0.2) is 0 Å². The summed E-state index contributed by atoms with van der Waals surface area (Å²) in [5.41, 5.74) is 2.49. The van der Waals surface area contributed by atoms with Gasteiger partial charge in [-0.3, -0.25) is 14.2 Å². The number of hydrogen-bond donors (Lipinski definition) is 4. The van der Waals surface area contributed by atoms with Crippen molar-refractivity contribution in [3.8, 4) is 33.8 Å². The van der Waals surface area contributed by atoms with Gasteiger partial charge in [-0.05, 0) is 64.4 Å². The Kier molecular flexibility index (Phi) is 5.62. The first-order chi connectivity index (χ1) is 18.6. The van der Waals surface area contributed by atoms with Crippen LogP contribution in [0.4, 0.5) is 5.69 Å². The van der Waals surface area contributed by atoms with Gasteiger partial charge in [-0.2, -0.15) is 0 Å². The number of amides is 2. The fourth-order valence-corrected chi connectivity index (χ4v) is 5.67. The van der Waals surface area contributed by atoms with Crippen LogP contribution in [0.25, 0.3) is 33.0 Å². The lowest BCUT2D eigenvalue weighted by molar-refractivity contribution is 0.0926. The van der Waals surface area contributed by atoms with Crippen molar-refractivity contribution in [1.29, 1.82) is 0 Å². The lowest BCUT2D eigenvalue weighted by atomic mass is 9.84. The number of anilines is 1. The van der Waals surface area contributed by atoms with E-state index in [2.05, 4.69) is 0 Å². The molecule has 4 N–H and O–H groups in total. The van der Waals surface area contributed by atoms with Crippen molar-refractivity contribution >= 4 is 41.2 Å². The fourth-order valence-electron chi connectivity index (χ4n) is 5.09. The maximum atomic E-state index is 14.1. The number of fused-ring (bicyclic) bond motifs is 2. The number of hydrogen-bond acceptors (Lipinski definition) is 5. The Bertz CT molecular complexity index is 1750. The summed E-state index contributed by atoms with van der Waals surface area (Å²) in [6.45, 7) is 0. The molecule has 2 amide bonds. The topological polar surface area (TPSA) is 135 Å². The molecule has 5 aromatic rings.